The molecule has 0 aliphatic rings. The summed E-state index contributed by atoms with van der Waals surface area (Å²) in [7, 11) is 0. The average molecular weight is 239 g/mol. The molecule has 0 saturated heterocycles. The third kappa shape index (κ3) is 2.30. The summed E-state index contributed by atoms with van der Waals surface area (Å²) in [5.74, 6) is -1.49. The van der Waals surface area contributed by atoms with E-state index in [1.165, 1.54) is 12.1 Å². The number of nitrogens with zero attached hydrogens (tertiary/aromatic N) is 1. The molecule has 1 aromatic carbocycles. The average Bonchev–Trinajstić information content (AvgIpc) is 2.28. The third-order valence-corrected chi connectivity index (χ3v) is 2.11. The summed E-state index contributed by atoms with van der Waals surface area (Å²) in [6, 6.07) is 7.30. The number of hydrogen-bond acceptors (Lipinski definition) is 3. The molecule has 4 nitrogen and oxygen atoms in total. The normalized spacial score (nSPS) is 10.8. The minimum atomic E-state index is -3.01. The Morgan fingerprint density at radius 3 is 2.71 bits per heavy atom. The standard InChI is InChI=1S/C11H7F2NO3/c12-11(13)17-9-5-8(10(15)16)14-7-4-2-1-3-6(7)9/h1-5,11H,(H,15,16). The largest absolute Gasteiger partial charge is 0.477 e. The van der Waals surface area contributed by atoms with E-state index in [2.05, 4.69) is 9.72 Å². The van der Waals surface area contributed by atoms with Crippen molar-refractivity contribution >= 4 is 16.9 Å². The van der Waals surface area contributed by atoms with Crippen molar-refractivity contribution in [1.82, 2.24) is 4.98 Å². The van der Waals surface area contributed by atoms with Gasteiger partial charge < -0.3 is 9.84 Å². The first-order valence-corrected chi connectivity index (χ1v) is 4.66. The molecule has 0 radical (unpaired) electrons. The molecule has 0 aliphatic heterocycles. The molecular formula is C11H7F2NO3. The SMILES string of the molecule is O=C(O)c1cc(OC(F)F)c2ccccc2n1. The van der Waals surface area contributed by atoms with Crippen LogP contribution in [0.15, 0.2) is 30.3 Å². The van der Waals surface area contributed by atoms with Gasteiger partial charge >= 0.3 is 12.6 Å². The smallest absolute Gasteiger partial charge is 0.387 e. The number of carboxylic acids is 1. The first-order chi connectivity index (χ1) is 8.08. The first-order valence-electron chi connectivity index (χ1n) is 4.66. The van der Waals surface area contributed by atoms with Gasteiger partial charge in [-0.1, -0.05) is 12.1 Å². The van der Waals surface area contributed by atoms with Crippen LogP contribution in [-0.2, 0) is 0 Å². The molecule has 2 aromatic rings. The Morgan fingerprint density at radius 2 is 2.06 bits per heavy atom. The zero-order chi connectivity index (χ0) is 12.4. The van der Waals surface area contributed by atoms with Gasteiger partial charge in [-0.05, 0) is 12.1 Å². The Hall–Kier alpha value is -2.24. The molecule has 0 aliphatic carbocycles. The summed E-state index contributed by atoms with van der Waals surface area (Å²) < 4.78 is 28.7. The van der Waals surface area contributed by atoms with Crippen LogP contribution in [0.5, 0.6) is 5.75 Å². The van der Waals surface area contributed by atoms with Crippen LogP contribution in [-0.4, -0.2) is 22.7 Å². The lowest BCUT2D eigenvalue weighted by atomic mass is 10.2. The number of aromatic carboxylic acids is 1. The van der Waals surface area contributed by atoms with Crippen molar-refractivity contribution < 1.29 is 23.4 Å². The van der Waals surface area contributed by atoms with Crippen LogP contribution in [0.4, 0.5) is 8.78 Å². The van der Waals surface area contributed by atoms with Crippen LogP contribution < -0.4 is 4.74 Å². The molecule has 88 valence electrons. The fourth-order valence-corrected chi connectivity index (χ4v) is 1.45. The van der Waals surface area contributed by atoms with Gasteiger partial charge in [0.2, 0.25) is 0 Å². The van der Waals surface area contributed by atoms with E-state index in [-0.39, 0.29) is 11.4 Å². The van der Waals surface area contributed by atoms with Gasteiger partial charge in [-0.15, -0.1) is 0 Å². The summed E-state index contributed by atoms with van der Waals surface area (Å²) in [6.07, 6.45) is 0. The van der Waals surface area contributed by atoms with E-state index < -0.39 is 12.6 Å². The molecule has 0 unspecified atom stereocenters. The van der Waals surface area contributed by atoms with Gasteiger partial charge in [0.1, 0.15) is 5.75 Å². The predicted octanol–water partition coefficient (Wildman–Crippen LogP) is 2.53. The Balaban J connectivity index is 2.64. The Kier molecular flexibility index (Phi) is 2.86. The maximum absolute atomic E-state index is 12.2. The number of rotatable bonds is 3. The van der Waals surface area contributed by atoms with Crippen molar-refractivity contribution in [3.63, 3.8) is 0 Å². The molecular weight excluding hydrogens is 232 g/mol. The summed E-state index contributed by atoms with van der Waals surface area (Å²) in [6.45, 7) is -3.01. The highest BCUT2D eigenvalue weighted by molar-refractivity contribution is 5.93. The van der Waals surface area contributed by atoms with Crippen LogP contribution in [0.2, 0.25) is 0 Å². The molecule has 0 spiro atoms. The van der Waals surface area contributed by atoms with Gasteiger partial charge in [-0.3, -0.25) is 0 Å². The van der Waals surface area contributed by atoms with Crippen LogP contribution in [0.1, 0.15) is 10.5 Å². The number of fused-ring (bicyclic) bond motifs is 1. The number of halogens is 2. The van der Waals surface area contributed by atoms with Gasteiger partial charge in [0.25, 0.3) is 0 Å². The second kappa shape index (κ2) is 4.32. The lowest BCUT2D eigenvalue weighted by Gasteiger charge is -2.08. The van der Waals surface area contributed by atoms with E-state index >= 15 is 0 Å². The van der Waals surface area contributed by atoms with E-state index in [1.807, 2.05) is 0 Å². The number of carbonyl (C=O) groups is 1. The molecule has 1 N–H and O–H groups in total. The van der Waals surface area contributed by atoms with Gasteiger partial charge in [0.05, 0.1) is 5.52 Å². The highest BCUT2D eigenvalue weighted by Crippen LogP contribution is 2.26. The maximum atomic E-state index is 12.2. The van der Waals surface area contributed by atoms with E-state index in [0.717, 1.165) is 6.07 Å². The molecule has 0 atom stereocenters. The second-order valence-corrected chi connectivity index (χ2v) is 3.21. The quantitative estimate of drug-likeness (QED) is 0.894. The lowest BCUT2D eigenvalue weighted by Crippen LogP contribution is -2.06. The van der Waals surface area contributed by atoms with Crippen molar-refractivity contribution in [2.75, 3.05) is 0 Å². The number of carboxylic acid groups (broad SMARTS) is 1. The minimum Gasteiger partial charge on any atom is -0.477 e. The zero-order valence-corrected chi connectivity index (χ0v) is 8.43. The van der Waals surface area contributed by atoms with Crippen LogP contribution >= 0.6 is 0 Å². The number of aromatic nitrogens is 1. The van der Waals surface area contributed by atoms with Crippen LogP contribution in [0.3, 0.4) is 0 Å². The molecule has 0 fully saturated rings. The molecule has 6 heteroatoms. The maximum Gasteiger partial charge on any atom is 0.387 e. The van der Waals surface area contributed by atoms with Crippen molar-refractivity contribution in [3.8, 4) is 5.75 Å². The number of ether oxygens (including phenoxy) is 1. The molecule has 1 heterocycles. The highest BCUT2D eigenvalue weighted by atomic mass is 19.3. The summed E-state index contributed by atoms with van der Waals surface area (Å²) in [4.78, 5) is 14.6. The van der Waals surface area contributed by atoms with Gasteiger partial charge in [-0.2, -0.15) is 8.78 Å². The van der Waals surface area contributed by atoms with E-state index in [1.54, 1.807) is 12.1 Å². The third-order valence-electron chi connectivity index (χ3n) is 2.11. The summed E-state index contributed by atoms with van der Waals surface area (Å²) in [5.41, 5.74) is -0.0394. The molecule has 0 amide bonds. The van der Waals surface area contributed by atoms with Crippen LogP contribution in [0.25, 0.3) is 10.9 Å². The Morgan fingerprint density at radius 1 is 1.35 bits per heavy atom. The minimum absolute atomic E-state index is 0.192. The van der Waals surface area contributed by atoms with Crippen molar-refractivity contribution in [3.05, 3.63) is 36.0 Å². The highest BCUT2D eigenvalue weighted by Gasteiger charge is 2.14. The van der Waals surface area contributed by atoms with Gasteiger partial charge in [-0.25, -0.2) is 9.78 Å². The summed E-state index contributed by atoms with van der Waals surface area (Å²) in [5, 5.41) is 9.14. The molecule has 0 saturated carbocycles. The second-order valence-electron chi connectivity index (χ2n) is 3.21. The van der Waals surface area contributed by atoms with Crippen molar-refractivity contribution in [2.45, 2.75) is 6.61 Å². The van der Waals surface area contributed by atoms with Crippen LogP contribution in [0, 0.1) is 0 Å². The predicted molar refractivity (Wildman–Crippen MR) is 55.3 cm³/mol. The Labute approximate surface area is 94.5 Å². The van der Waals surface area contributed by atoms with Gasteiger partial charge in [0, 0.05) is 11.5 Å². The number of benzene rings is 1. The Bertz CT molecular complexity index is 572. The fraction of sp³-hybridized carbons (Fsp3) is 0.0909. The lowest BCUT2D eigenvalue weighted by molar-refractivity contribution is -0.0489. The topological polar surface area (TPSA) is 59.4 Å². The van der Waals surface area contributed by atoms with E-state index in [0.29, 0.717) is 10.9 Å². The first kappa shape index (κ1) is 11.3. The number of pyridine rings is 1. The number of alkyl halides is 2. The molecule has 0 bridgehead atoms. The van der Waals surface area contributed by atoms with Crippen molar-refractivity contribution in [1.29, 1.82) is 0 Å². The van der Waals surface area contributed by atoms with Gasteiger partial charge in [0.15, 0.2) is 5.69 Å². The molecule has 17 heavy (non-hydrogen) atoms. The van der Waals surface area contributed by atoms with E-state index in [4.69, 9.17) is 5.11 Å². The number of hydrogen-bond donors (Lipinski definition) is 1. The number of para-hydroxylation sites is 1. The van der Waals surface area contributed by atoms with Crippen molar-refractivity contribution in [2.24, 2.45) is 0 Å². The fourth-order valence-electron chi connectivity index (χ4n) is 1.45. The monoisotopic (exact) mass is 239 g/mol. The zero-order valence-electron chi connectivity index (χ0n) is 8.43. The molecule has 1 aromatic heterocycles. The summed E-state index contributed by atoms with van der Waals surface area (Å²) >= 11 is 0. The van der Waals surface area contributed by atoms with E-state index in [9.17, 15) is 13.6 Å². The molecule has 2 rings (SSSR count).